The SMILES string of the molecule is Nc1c[n+](N2CCCCCC2)no1. The maximum atomic E-state index is 5.45. The van der Waals surface area contributed by atoms with E-state index in [-0.39, 0.29) is 0 Å². The third-order valence-corrected chi connectivity index (χ3v) is 2.34. The number of nitrogen functional groups attached to an aromatic ring is 1. The number of hydrogen-bond donors (Lipinski definition) is 1. The third-order valence-electron chi connectivity index (χ3n) is 2.34. The number of nitrogens with two attached hydrogens (primary N) is 1. The lowest BCUT2D eigenvalue weighted by molar-refractivity contribution is -0.758. The van der Waals surface area contributed by atoms with E-state index in [2.05, 4.69) is 10.3 Å². The average Bonchev–Trinajstić information content (AvgIpc) is 2.43. The number of rotatable bonds is 1. The first-order valence-electron chi connectivity index (χ1n) is 4.75. The van der Waals surface area contributed by atoms with Crippen LogP contribution in [0.5, 0.6) is 0 Å². The van der Waals surface area contributed by atoms with Gasteiger partial charge in [-0.1, -0.05) is 12.8 Å². The molecule has 1 aliphatic heterocycles. The Kier molecular flexibility index (Phi) is 2.33. The first kappa shape index (κ1) is 8.34. The predicted octanol–water partition coefficient (Wildman–Crippen LogP) is 0.0563. The summed E-state index contributed by atoms with van der Waals surface area (Å²) in [6.07, 6.45) is 6.78. The van der Waals surface area contributed by atoms with Crippen LogP contribution in [0.1, 0.15) is 25.7 Å². The molecule has 0 aliphatic carbocycles. The Labute approximate surface area is 77.0 Å². The van der Waals surface area contributed by atoms with E-state index in [1.54, 1.807) is 11.0 Å². The van der Waals surface area contributed by atoms with Gasteiger partial charge in [0.1, 0.15) is 0 Å². The monoisotopic (exact) mass is 183 g/mol. The molecule has 5 heteroatoms. The molecule has 0 saturated carbocycles. The highest BCUT2D eigenvalue weighted by atomic mass is 16.5. The van der Waals surface area contributed by atoms with Crippen LogP contribution in [0.15, 0.2) is 10.7 Å². The molecule has 13 heavy (non-hydrogen) atoms. The van der Waals surface area contributed by atoms with Crippen LogP contribution in [0, 0.1) is 0 Å². The molecule has 2 N–H and O–H groups in total. The van der Waals surface area contributed by atoms with E-state index < -0.39 is 0 Å². The van der Waals surface area contributed by atoms with Gasteiger partial charge in [0.05, 0.1) is 17.9 Å². The molecule has 0 bridgehead atoms. The van der Waals surface area contributed by atoms with Crippen molar-refractivity contribution in [3.05, 3.63) is 6.20 Å². The molecule has 0 spiro atoms. The minimum atomic E-state index is 0.365. The van der Waals surface area contributed by atoms with Crippen LogP contribution in [0.2, 0.25) is 0 Å². The Hall–Kier alpha value is -1.26. The molecule has 1 aromatic heterocycles. The fourth-order valence-corrected chi connectivity index (χ4v) is 1.64. The maximum Gasteiger partial charge on any atom is 0.296 e. The van der Waals surface area contributed by atoms with Gasteiger partial charge in [-0.3, -0.25) is 4.52 Å². The highest BCUT2D eigenvalue weighted by Crippen LogP contribution is 2.06. The van der Waals surface area contributed by atoms with Gasteiger partial charge in [-0.05, 0) is 12.8 Å². The summed E-state index contributed by atoms with van der Waals surface area (Å²) in [5.74, 6) is 0.365. The summed E-state index contributed by atoms with van der Waals surface area (Å²) in [7, 11) is 0. The second-order valence-electron chi connectivity index (χ2n) is 3.39. The predicted molar refractivity (Wildman–Crippen MR) is 47.5 cm³/mol. The van der Waals surface area contributed by atoms with Gasteiger partial charge >= 0.3 is 0 Å². The molecule has 1 aromatic rings. The van der Waals surface area contributed by atoms with Gasteiger partial charge in [-0.2, -0.15) is 5.01 Å². The zero-order valence-electron chi connectivity index (χ0n) is 7.65. The molecule has 5 nitrogen and oxygen atoms in total. The van der Waals surface area contributed by atoms with Crippen LogP contribution in [-0.4, -0.2) is 18.4 Å². The van der Waals surface area contributed by atoms with Crippen molar-refractivity contribution in [3.8, 4) is 0 Å². The van der Waals surface area contributed by atoms with E-state index in [0.29, 0.717) is 5.88 Å². The van der Waals surface area contributed by atoms with Gasteiger partial charge in [0.15, 0.2) is 0 Å². The largest absolute Gasteiger partial charge is 0.362 e. The van der Waals surface area contributed by atoms with E-state index in [9.17, 15) is 0 Å². The lowest BCUT2D eigenvalue weighted by Gasteiger charge is -2.08. The number of hydrogen-bond acceptors (Lipinski definition) is 4. The van der Waals surface area contributed by atoms with Crippen LogP contribution in [-0.2, 0) is 0 Å². The minimum absolute atomic E-state index is 0.365. The molecule has 1 aliphatic rings. The van der Waals surface area contributed by atoms with Crippen molar-refractivity contribution in [1.82, 2.24) is 5.27 Å². The Morgan fingerprint density at radius 1 is 1.31 bits per heavy atom. The standard InChI is InChI=1S/C8H15N4O/c9-8-7-12(10-13-8)11-5-3-1-2-4-6-11/h7H,1-6,9H2/q+1. The van der Waals surface area contributed by atoms with E-state index >= 15 is 0 Å². The van der Waals surface area contributed by atoms with Gasteiger partial charge in [0.2, 0.25) is 5.27 Å². The van der Waals surface area contributed by atoms with Crippen molar-refractivity contribution in [2.24, 2.45) is 0 Å². The number of anilines is 1. The summed E-state index contributed by atoms with van der Waals surface area (Å²) < 4.78 is 4.81. The molecule has 0 atom stereocenters. The molecule has 72 valence electrons. The van der Waals surface area contributed by atoms with Crippen LogP contribution in [0.4, 0.5) is 5.88 Å². The summed E-state index contributed by atoms with van der Waals surface area (Å²) >= 11 is 0. The van der Waals surface area contributed by atoms with Crippen molar-refractivity contribution in [2.45, 2.75) is 25.7 Å². The van der Waals surface area contributed by atoms with E-state index in [1.165, 1.54) is 25.7 Å². The maximum absolute atomic E-state index is 5.45. The summed E-state index contributed by atoms with van der Waals surface area (Å²) in [6, 6.07) is 0. The van der Waals surface area contributed by atoms with Crippen LogP contribution in [0.3, 0.4) is 0 Å². The Bertz CT molecular complexity index is 265. The molecule has 1 saturated heterocycles. The molecule has 2 rings (SSSR count). The Morgan fingerprint density at radius 3 is 2.54 bits per heavy atom. The van der Waals surface area contributed by atoms with Crippen molar-refractivity contribution >= 4 is 5.88 Å². The van der Waals surface area contributed by atoms with Gasteiger partial charge < -0.3 is 5.73 Å². The van der Waals surface area contributed by atoms with E-state index in [0.717, 1.165) is 13.1 Å². The summed E-state index contributed by atoms with van der Waals surface area (Å²) in [5, 5.41) is 5.98. The molecule has 0 unspecified atom stereocenters. The van der Waals surface area contributed by atoms with E-state index in [4.69, 9.17) is 10.3 Å². The second kappa shape index (κ2) is 3.64. The van der Waals surface area contributed by atoms with Crippen LogP contribution < -0.4 is 15.5 Å². The quantitative estimate of drug-likeness (QED) is 0.625. The van der Waals surface area contributed by atoms with Gasteiger partial charge in [0.25, 0.3) is 12.1 Å². The molecular weight excluding hydrogens is 168 g/mol. The van der Waals surface area contributed by atoms with Crippen molar-refractivity contribution in [1.29, 1.82) is 0 Å². The zero-order valence-corrected chi connectivity index (χ0v) is 7.65. The van der Waals surface area contributed by atoms with Crippen molar-refractivity contribution in [3.63, 3.8) is 0 Å². The number of nitrogens with zero attached hydrogens (tertiary/aromatic N) is 3. The minimum Gasteiger partial charge on any atom is -0.362 e. The van der Waals surface area contributed by atoms with Crippen molar-refractivity contribution in [2.75, 3.05) is 23.8 Å². The molecule has 1 fully saturated rings. The highest BCUT2D eigenvalue weighted by molar-refractivity contribution is 5.11. The zero-order chi connectivity index (χ0) is 9.10. The Morgan fingerprint density at radius 2 is 2.00 bits per heavy atom. The van der Waals surface area contributed by atoms with Gasteiger partial charge in [0, 0.05) is 0 Å². The normalized spacial score (nSPS) is 18.6. The fraction of sp³-hybridized carbons (Fsp3) is 0.750. The molecule has 0 amide bonds. The average molecular weight is 183 g/mol. The molecular formula is C8H15N4O+. The first-order valence-corrected chi connectivity index (χ1v) is 4.75. The lowest BCUT2D eigenvalue weighted by atomic mass is 10.2. The molecule has 0 aromatic carbocycles. The van der Waals surface area contributed by atoms with E-state index in [1.807, 2.05) is 0 Å². The van der Waals surface area contributed by atoms with Crippen molar-refractivity contribution < 1.29 is 9.31 Å². The smallest absolute Gasteiger partial charge is 0.296 e. The van der Waals surface area contributed by atoms with Gasteiger partial charge in [-0.15, -0.1) is 0 Å². The third kappa shape index (κ3) is 1.91. The molecule has 2 heterocycles. The summed E-state index contributed by atoms with van der Waals surface area (Å²) in [4.78, 5) is 1.71. The Balaban J connectivity index is 2.06. The fourth-order valence-electron chi connectivity index (χ4n) is 1.64. The number of aromatic nitrogens is 2. The van der Waals surface area contributed by atoms with Crippen LogP contribution >= 0.6 is 0 Å². The highest BCUT2D eigenvalue weighted by Gasteiger charge is 2.20. The molecule has 0 radical (unpaired) electrons. The van der Waals surface area contributed by atoms with Crippen LogP contribution in [0.25, 0.3) is 0 Å². The topological polar surface area (TPSA) is 59.2 Å². The van der Waals surface area contributed by atoms with Gasteiger partial charge in [-0.25, -0.2) is 0 Å². The first-order chi connectivity index (χ1) is 6.36. The summed E-state index contributed by atoms with van der Waals surface area (Å²) in [5.41, 5.74) is 5.45. The lowest BCUT2D eigenvalue weighted by Crippen LogP contribution is -2.59. The second-order valence-corrected chi connectivity index (χ2v) is 3.39. The summed E-state index contributed by atoms with van der Waals surface area (Å²) in [6.45, 7) is 2.08.